The van der Waals surface area contributed by atoms with Gasteiger partial charge in [-0.1, -0.05) is 36.4 Å². The van der Waals surface area contributed by atoms with Gasteiger partial charge in [-0.2, -0.15) is 0 Å². The summed E-state index contributed by atoms with van der Waals surface area (Å²) >= 11 is 0. The number of unbranched alkanes of at least 4 members (excludes halogenated alkanes) is 1. The second-order valence-corrected chi connectivity index (χ2v) is 7.11. The van der Waals surface area contributed by atoms with Crippen molar-refractivity contribution < 1.29 is 28.5 Å². The molecule has 0 fully saturated rings. The van der Waals surface area contributed by atoms with Gasteiger partial charge in [0.1, 0.15) is 11.5 Å². The van der Waals surface area contributed by atoms with Crippen molar-refractivity contribution in [2.45, 2.75) is 39.5 Å². The molecular formula is C26H34O6. The lowest BCUT2D eigenvalue weighted by atomic mass is 10.0. The van der Waals surface area contributed by atoms with Crippen molar-refractivity contribution in [1.29, 1.82) is 0 Å². The number of rotatable bonds is 15. The van der Waals surface area contributed by atoms with Crippen LogP contribution in [0.15, 0.2) is 42.5 Å². The molecule has 0 heterocycles. The number of benzene rings is 2. The van der Waals surface area contributed by atoms with Crippen LogP contribution < -0.4 is 9.47 Å². The van der Waals surface area contributed by atoms with E-state index in [1.54, 1.807) is 0 Å². The third-order valence-corrected chi connectivity index (χ3v) is 4.67. The Morgan fingerprint density at radius 1 is 0.844 bits per heavy atom. The number of aryl methyl sites for hydroxylation is 1. The Morgan fingerprint density at radius 3 is 2.12 bits per heavy atom. The zero-order chi connectivity index (χ0) is 23.0. The summed E-state index contributed by atoms with van der Waals surface area (Å²) in [6, 6.07) is 14.1. The quantitative estimate of drug-likeness (QED) is 0.157. The molecule has 6 nitrogen and oxygen atoms in total. The molecule has 174 valence electrons. The number of carbonyl (C=O) groups is 1. The predicted octanol–water partition coefficient (Wildman–Crippen LogP) is 5.49. The highest BCUT2D eigenvalue weighted by Gasteiger charge is 2.04. The minimum Gasteiger partial charge on any atom is -0.469 e. The van der Waals surface area contributed by atoms with E-state index in [1.807, 2.05) is 44.2 Å². The number of methoxy groups -OCH3 is 1. The van der Waals surface area contributed by atoms with E-state index < -0.39 is 0 Å². The van der Waals surface area contributed by atoms with Crippen LogP contribution in [0.3, 0.4) is 0 Å². The van der Waals surface area contributed by atoms with Crippen LogP contribution in [0.5, 0.6) is 11.5 Å². The largest absolute Gasteiger partial charge is 0.469 e. The van der Waals surface area contributed by atoms with E-state index in [-0.39, 0.29) is 19.6 Å². The second-order valence-electron chi connectivity index (χ2n) is 7.11. The van der Waals surface area contributed by atoms with Crippen LogP contribution in [0.2, 0.25) is 0 Å². The molecule has 0 radical (unpaired) electrons. The average Bonchev–Trinajstić information content (AvgIpc) is 2.81. The molecule has 0 saturated carbocycles. The smallest absolute Gasteiger partial charge is 0.305 e. The first-order chi connectivity index (χ1) is 15.6. The summed E-state index contributed by atoms with van der Waals surface area (Å²) in [7, 11) is 1.42. The molecule has 6 heteroatoms. The van der Waals surface area contributed by atoms with Crippen LogP contribution in [0.25, 0.3) is 12.2 Å². The van der Waals surface area contributed by atoms with Crippen LogP contribution in [0.4, 0.5) is 0 Å². The maximum atomic E-state index is 11.2. The molecule has 0 spiro atoms. The topological polar surface area (TPSA) is 63.2 Å². The van der Waals surface area contributed by atoms with Crippen molar-refractivity contribution in [2.24, 2.45) is 0 Å². The van der Waals surface area contributed by atoms with Gasteiger partial charge >= 0.3 is 5.97 Å². The highest BCUT2D eigenvalue weighted by molar-refractivity contribution is 5.71. The highest BCUT2D eigenvalue weighted by atomic mass is 16.7. The summed E-state index contributed by atoms with van der Waals surface area (Å²) < 4.78 is 26.6. The van der Waals surface area contributed by atoms with Gasteiger partial charge < -0.3 is 23.7 Å². The SMILES string of the molecule is CCOCOc1cc(C=Cc2cccc(CCCCC(=O)OC)c2)cc(OCOCC)c1. The zero-order valence-electron chi connectivity index (χ0n) is 19.3. The summed E-state index contributed by atoms with van der Waals surface area (Å²) in [5.74, 6) is 1.19. The molecule has 0 amide bonds. The molecule has 2 aromatic rings. The molecular weight excluding hydrogens is 408 g/mol. The predicted molar refractivity (Wildman–Crippen MR) is 126 cm³/mol. The second kappa shape index (κ2) is 15.1. The van der Waals surface area contributed by atoms with Crippen LogP contribution in [0.1, 0.15) is 49.8 Å². The lowest BCUT2D eigenvalue weighted by Crippen LogP contribution is -2.04. The standard InChI is InChI=1S/C26H34O6/c1-4-29-19-31-24-16-23(17-25(18-24)32-20-30-5-2)14-13-22-11-8-10-21(15-22)9-6-7-12-26(27)28-3/h8,10-11,13-18H,4-7,9,12,19-20H2,1-3H3. The van der Waals surface area contributed by atoms with Gasteiger partial charge in [0.15, 0.2) is 13.6 Å². The summed E-state index contributed by atoms with van der Waals surface area (Å²) in [6.07, 6.45) is 7.25. The number of esters is 1. The lowest BCUT2D eigenvalue weighted by Gasteiger charge is -2.11. The molecule has 0 aliphatic rings. The fourth-order valence-corrected chi connectivity index (χ4v) is 2.99. The first kappa shape index (κ1) is 25.4. The summed E-state index contributed by atoms with van der Waals surface area (Å²) in [6.45, 7) is 5.40. The van der Waals surface area contributed by atoms with Gasteiger partial charge in [-0.25, -0.2) is 0 Å². The molecule has 2 aromatic carbocycles. The molecule has 0 atom stereocenters. The average molecular weight is 443 g/mol. The summed E-state index contributed by atoms with van der Waals surface area (Å²) in [5.41, 5.74) is 3.30. The maximum absolute atomic E-state index is 11.2. The van der Waals surface area contributed by atoms with Crippen LogP contribution >= 0.6 is 0 Å². The first-order valence-corrected chi connectivity index (χ1v) is 11.0. The molecule has 0 saturated heterocycles. The van der Waals surface area contributed by atoms with Crippen molar-refractivity contribution in [3.05, 3.63) is 59.2 Å². The van der Waals surface area contributed by atoms with E-state index in [4.69, 9.17) is 18.9 Å². The van der Waals surface area contributed by atoms with Gasteiger partial charge in [0, 0.05) is 25.7 Å². The molecule has 32 heavy (non-hydrogen) atoms. The molecule has 2 rings (SSSR count). The highest BCUT2D eigenvalue weighted by Crippen LogP contribution is 2.25. The van der Waals surface area contributed by atoms with Gasteiger partial charge in [-0.05, 0) is 61.9 Å². The maximum Gasteiger partial charge on any atom is 0.305 e. The first-order valence-electron chi connectivity index (χ1n) is 11.0. The number of carbonyl (C=O) groups excluding carboxylic acids is 1. The Kier molecular flexibility index (Phi) is 12.0. The van der Waals surface area contributed by atoms with Gasteiger partial charge in [0.05, 0.1) is 7.11 Å². The van der Waals surface area contributed by atoms with Crippen molar-refractivity contribution in [2.75, 3.05) is 33.9 Å². The Balaban J connectivity index is 2.03. The fourth-order valence-electron chi connectivity index (χ4n) is 2.99. The molecule has 0 N–H and O–H groups in total. The van der Waals surface area contributed by atoms with Crippen LogP contribution in [-0.2, 0) is 25.4 Å². The third-order valence-electron chi connectivity index (χ3n) is 4.67. The molecule has 0 aliphatic heterocycles. The number of hydrogen-bond donors (Lipinski definition) is 0. The molecule has 0 unspecified atom stereocenters. The molecule has 0 bridgehead atoms. The minimum atomic E-state index is -0.154. The third kappa shape index (κ3) is 9.98. The van der Waals surface area contributed by atoms with E-state index in [1.165, 1.54) is 12.7 Å². The Bertz CT molecular complexity index is 818. The zero-order valence-corrected chi connectivity index (χ0v) is 19.3. The van der Waals surface area contributed by atoms with Crippen molar-refractivity contribution in [3.8, 4) is 11.5 Å². The van der Waals surface area contributed by atoms with Crippen LogP contribution in [0, 0.1) is 0 Å². The van der Waals surface area contributed by atoms with Crippen LogP contribution in [-0.4, -0.2) is 39.9 Å². The van der Waals surface area contributed by atoms with E-state index in [2.05, 4.69) is 29.0 Å². The number of hydrogen-bond acceptors (Lipinski definition) is 6. The normalized spacial score (nSPS) is 11.0. The minimum absolute atomic E-state index is 0.154. The summed E-state index contributed by atoms with van der Waals surface area (Å²) in [5, 5.41) is 0. The van der Waals surface area contributed by atoms with E-state index in [0.717, 1.165) is 30.4 Å². The molecule has 0 aliphatic carbocycles. The van der Waals surface area contributed by atoms with Gasteiger partial charge in [0.25, 0.3) is 0 Å². The Morgan fingerprint density at radius 2 is 1.50 bits per heavy atom. The van der Waals surface area contributed by atoms with E-state index in [9.17, 15) is 4.79 Å². The molecule has 0 aromatic heterocycles. The lowest BCUT2D eigenvalue weighted by molar-refractivity contribution is -0.140. The van der Waals surface area contributed by atoms with Gasteiger partial charge in [-0.15, -0.1) is 0 Å². The number of ether oxygens (including phenoxy) is 5. The summed E-state index contributed by atoms with van der Waals surface area (Å²) in [4.78, 5) is 11.2. The van der Waals surface area contributed by atoms with Gasteiger partial charge in [-0.3, -0.25) is 4.79 Å². The van der Waals surface area contributed by atoms with Crippen molar-refractivity contribution >= 4 is 18.1 Å². The van der Waals surface area contributed by atoms with Crippen molar-refractivity contribution in [3.63, 3.8) is 0 Å². The van der Waals surface area contributed by atoms with E-state index in [0.29, 0.717) is 31.1 Å². The van der Waals surface area contributed by atoms with E-state index >= 15 is 0 Å². The fraction of sp³-hybridized carbons (Fsp3) is 0.423. The Hall–Kier alpha value is -2.83. The Labute approximate surface area is 191 Å². The monoisotopic (exact) mass is 442 g/mol. The van der Waals surface area contributed by atoms with Gasteiger partial charge in [0.2, 0.25) is 0 Å². The van der Waals surface area contributed by atoms with Crippen molar-refractivity contribution in [1.82, 2.24) is 0 Å².